The molecule has 0 radical (unpaired) electrons. The molecule has 7 rings (SSSR count). The first kappa shape index (κ1) is 27.5. The van der Waals surface area contributed by atoms with Crippen LogP contribution in [-0.2, 0) is 0 Å². The number of carbonyl (C=O) groups excluding carboxylic acids is 4. The highest BCUT2D eigenvalue weighted by Crippen LogP contribution is 2.50. The Bertz CT molecular complexity index is 2090. The molecule has 44 heavy (non-hydrogen) atoms. The summed E-state index contributed by atoms with van der Waals surface area (Å²) in [5.74, 6) is -1.08. The van der Waals surface area contributed by atoms with Gasteiger partial charge in [0.15, 0.2) is 5.69 Å². The third-order valence-electron chi connectivity index (χ3n) is 9.09. The van der Waals surface area contributed by atoms with Crippen molar-refractivity contribution in [2.24, 2.45) is 11.8 Å². The number of nitrogens with zero attached hydrogens (tertiary/aromatic N) is 4. The molecule has 0 atom stereocenters. The fraction of sp³-hybridized carbons (Fsp3) is 0.278. The molecule has 0 saturated carbocycles. The molecule has 5 aromatic rings. The van der Waals surface area contributed by atoms with Crippen LogP contribution in [0.1, 0.15) is 87.5 Å². The molecule has 0 bridgehead atoms. The lowest BCUT2D eigenvalue weighted by Gasteiger charge is -2.31. The zero-order valence-electron chi connectivity index (χ0n) is 24.9. The summed E-state index contributed by atoms with van der Waals surface area (Å²) < 4.78 is 0. The maximum absolute atomic E-state index is 13.8. The molecule has 2 aliphatic heterocycles. The van der Waals surface area contributed by atoms with Gasteiger partial charge in [-0.05, 0) is 75.9 Å². The Labute approximate surface area is 253 Å². The van der Waals surface area contributed by atoms with Gasteiger partial charge in [0.2, 0.25) is 0 Å². The van der Waals surface area contributed by atoms with Gasteiger partial charge in [0.05, 0.1) is 23.8 Å². The van der Waals surface area contributed by atoms with Crippen LogP contribution in [0.15, 0.2) is 36.4 Å². The molecular formula is C36H28N4O4. The van der Waals surface area contributed by atoms with Crippen molar-refractivity contribution in [3.8, 4) is 6.07 Å². The van der Waals surface area contributed by atoms with Crippen molar-refractivity contribution in [3.63, 3.8) is 0 Å². The lowest BCUT2D eigenvalue weighted by atomic mass is 9.80. The average Bonchev–Trinajstić information content (AvgIpc) is 3.00. The largest absolute Gasteiger partial charge is 0.274 e. The first-order valence-corrected chi connectivity index (χ1v) is 14.9. The van der Waals surface area contributed by atoms with E-state index in [0.717, 1.165) is 0 Å². The summed E-state index contributed by atoms with van der Waals surface area (Å²) in [4.78, 5) is 61.4. The first-order chi connectivity index (χ1) is 21.1. The number of benzene rings is 5. The van der Waals surface area contributed by atoms with Crippen molar-refractivity contribution in [2.75, 3.05) is 13.1 Å². The van der Waals surface area contributed by atoms with Crippen molar-refractivity contribution < 1.29 is 19.2 Å². The van der Waals surface area contributed by atoms with Crippen LogP contribution in [0.2, 0.25) is 0 Å². The molecule has 0 aromatic heterocycles. The molecule has 8 heteroatoms. The van der Waals surface area contributed by atoms with Gasteiger partial charge in [-0.3, -0.25) is 29.0 Å². The standard InChI is InChI=1S/C36H28N4O4/c1-17(2)10-12-39-33(41)22-9-7-21-30-26(38-5)15-25-29-23(34(42)40(36(25)44)13-11-18(3)4)8-6-20(32(29)30)27-19(16-37)14-24(35(39)43)28(22)31(21)27/h6-9,14-15,17-18H,10-13H2,1-4H3. The number of amides is 4. The molecule has 216 valence electrons. The molecule has 4 amide bonds. The summed E-state index contributed by atoms with van der Waals surface area (Å²) in [5, 5.41) is 14.7. The Morgan fingerprint density at radius 2 is 1.11 bits per heavy atom. The maximum atomic E-state index is 13.8. The molecule has 0 saturated heterocycles. The highest BCUT2D eigenvalue weighted by Gasteiger charge is 2.38. The lowest BCUT2D eigenvalue weighted by molar-refractivity contribution is 0.0588. The number of hydrogen-bond acceptors (Lipinski definition) is 5. The Balaban J connectivity index is 1.61. The minimum Gasteiger partial charge on any atom is -0.274 e. The molecule has 0 spiro atoms. The number of fused-ring (bicyclic) bond motifs is 2. The van der Waals surface area contributed by atoms with Crippen LogP contribution in [0.3, 0.4) is 0 Å². The second-order valence-corrected chi connectivity index (χ2v) is 12.6. The van der Waals surface area contributed by atoms with Crippen LogP contribution in [-0.4, -0.2) is 46.5 Å². The van der Waals surface area contributed by atoms with Crippen LogP contribution < -0.4 is 0 Å². The number of imide groups is 2. The highest BCUT2D eigenvalue weighted by molar-refractivity contribution is 6.43. The van der Waals surface area contributed by atoms with Crippen LogP contribution in [0.4, 0.5) is 5.69 Å². The maximum Gasteiger partial charge on any atom is 0.261 e. The summed E-state index contributed by atoms with van der Waals surface area (Å²) in [6, 6.07) is 12.3. The van der Waals surface area contributed by atoms with E-state index in [9.17, 15) is 24.4 Å². The molecule has 8 nitrogen and oxygen atoms in total. The third-order valence-corrected chi connectivity index (χ3v) is 9.09. The predicted octanol–water partition coefficient (Wildman–Crippen LogP) is 7.44. The van der Waals surface area contributed by atoms with E-state index in [2.05, 4.69) is 10.9 Å². The van der Waals surface area contributed by atoms with Crippen LogP contribution in [0.5, 0.6) is 0 Å². The van der Waals surface area contributed by atoms with Crippen LogP contribution >= 0.6 is 0 Å². The summed E-state index contributed by atoms with van der Waals surface area (Å²) >= 11 is 0. The Morgan fingerprint density at radius 3 is 1.59 bits per heavy atom. The Morgan fingerprint density at radius 1 is 0.659 bits per heavy atom. The van der Waals surface area contributed by atoms with Gasteiger partial charge >= 0.3 is 0 Å². The van der Waals surface area contributed by atoms with E-state index < -0.39 is 11.8 Å². The second-order valence-electron chi connectivity index (χ2n) is 12.6. The van der Waals surface area contributed by atoms with Crippen molar-refractivity contribution in [3.05, 3.63) is 75.6 Å². The van der Waals surface area contributed by atoms with Gasteiger partial charge < -0.3 is 0 Å². The fourth-order valence-corrected chi connectivity index (χ4v) is 6.90. The highest BCUT2D eigenvalue weighted by atomic mass is 16.2. The molecule has 5 aromatic carbocycles. The molecule has 0 N–H and O–H groups in total. The summed E-state index contributed by atoms with van der Waals surface area (Å²) in [7, 11) is 0. The van der Waals surface area contributed by atoms with Gasteiger partial charge in [-0.15, -0.1) is 0 Å². The predicted molar refractivity (Wildman–Crippen MR) is 168 cm³/mol. The van der Waals surface area contributed by atoms with E-state index in [-0.39, 0.29) is 59.1 Å². The molecule has 2 aliphatic rings. The minimum atomic E-state index is -0.442. The Hall–Kier alpha value is -5.34. The molecule has 2 heterocycles. The molecule has 0 unspecified atom stereocenters. The molecular weight excluding hydrogens is 552 g/mol. The number of nitriles is 1. The molecule has 0 fully saturated rings. The second kappa shape index (κ2) is 9.59. The third kappa shape index (κ3) is 3.55. The zero-order chi connectivity index (χ0) is 31.2. The first-order valence-electron chi connectivity index (χ1n) is 14.9. The molecule has 0 aliphatic carbocycles. The van der Waals surface area contributed by atoms with Gasteiger partial charge in [-0.1, -0.05) is 39.8 Å². The van der Waals surface area contributed by atoms with E-state index >= 15 is 0 Å². The van der Waals surface area contributed by atoms with Gasteiger partial charge in [0.25, 0.3) is 23.6 Å². The number of carbonyl (C=O) groups is 4. The quantitative estimate of drug-likeness (QED) is 0.0899. The van der Waals surface area contributed by atoms with Gasteiger partial charge in [-0.2, -0.15) is 5.26 Å². The summed E-state index contributed by atoms with van der Waals surface area (Å²) in [6.45, 7) is 16.8. The fourth-order valence-electron chi connectivity index (χ4n) is 6.90. The topological polar surface area (TPSA) is 103 Å². The minimum absolute atomic E-state index is 0.231. The average molecular weight is 581 g/mol. The number of rotatable bonds is 6. The van der Waals surface area contributed by atoms with Crippen LogP contribution in [0.25, 0.3) is 47.9 Å². The normalized spacial score (nSPS) is 14.7. The van der Waals surface area contributed by atoms with E-state index in [1.54, 1.807) is 36.4 Å². The van der Waals surface area contributed by atoms with Crippen molar-refractivity contribution in [1.82, 2.24) is 9.80 Å². The monoisotopic (exact) mass is 580 g/mol. The van der Waals surface area contributed by atoms with E-state index in [0.29, 0.717) is 67.1 Å². The van der Waals surface area contributed by atoms with Crippen molar-refractivity contribution >= 4 is 72.4 Å². The van der Waals surface area contributed by atoms with E-state index in [4.69, 9.17) is 6.57 Å². The lowest BCUT2D eigenvalue weighted by Crippen LogP contribution is -2.41. The van der Waals surface area contributed by atoms with Gasteiger partial charge in [0.1, 0.15) is 0 Å². The summed E-state index contributed by atoms with van der Waals surface area (Å²) in [6.07, 6.45) is 1.30. The van der Waals surface area contributed by atoms with Crippen LogP contribution in [0, 0.1) is 29.7 Å². The number of hydrogen-bond donors (Lipinski definition) is 0. The smallest absolute Gasteiger partial charge is 0.261 e. The Kier molecular flexibility index (Phi) is 5.99. The van der Waals surface area contributed by atoms with Crippen molar-refractivity contribution in [2.45, 2.75) is 40.5 Å². The zero-order valence-corrected chi connectivity index (χ0v) is 24.9. The van der Waals surface area contributed by atoms with E-state index in [1.165, 1.54) is 9.80 Å². The van der Waals surface area contributed by atoms with E-state index in [1.807, 2.05) is 27.7 Å². The van der Waals surface area contributed by atoms with Gasteiger partial charge in [-0.25, -0.2) is 4.85 Å². The van der Waals surface area contributed by atoms with Gasteiger partial charge in [0, 0.05) is 45.9 Å². The SMILES string of the molecule is [C-]#[N+]c1cc2c3c(ccc4c5c(C#N)cc6c7c(ccc(c1c34)c75)C(=O)N(CCC(C)C)C6=O)C(=O)N(CCC(C)C)C2=O. The summed E-state index contributed by atoms with van der Waals surface area (Å²) in [5.41, 5.74) is 1.80. The van der Waals surface area contributed by atoms with Crippen molar-refractivity contribution in [1.29, 1.82) is 5.26 Å².